The van der Waals surface area contributed by atoms with Crippen LogP contribution in [0, 0.1) is 0 Å². The smallest absolute Gasteiger partial charge is 0.298 e. The predicted octanol–water partition coefficient (Wildman–Crippen LogP) is 1.25. The van der Waals surface area contributed by atoms with Gasteiger partial charge in [-0.25, -0.2) is 0 Å². The van der Waals surface area contributed by atoms with E-state index in [2.05, 4.69) is 0 Å². The standard InChI is InChI=1S/C14H14N2O4/c1-9(18)16-7-10(5-6-13(15)19)14-11(16)3-2-4-12(14)20-8-17/h2-4,7-8H,5-6H2,1H3,(H2,15,19). The lowest BCUT2D eigenvalue weighted by Crippen LogP contribution is -2.11. The zero-order valence-corrected chi connectivity index (χ0v) is 11.0. The topological polar surface area (TPSA) is 91.4 Å². The van der Waals surface area contributed by atoms with Gasteiger partial charge in [0.1, 0.15) is 5.75 Å². The van der Waals surface area contributed by atoms with Gasteiger partial charge < -0.3 is 10.5 Å². The monoisotopic (exact) mass is 274 g/mol. The van der Waals surface area contributed by atoms with Crippen molar-refractivity contribution in [3.8, 4) is 5.75 Å². The highest BCUT2D eigenvalue weighted by Crippen LogP contribution is 2.31. The van der Waals surface area contributed by atoms with Crippen LogP contribution in [-0.2, 0) is 16.0 Å². The zero-order valence-electron chi connectivity index (χ0n) is 11.0. The Kier molecular flexibility index (Phi) is 3.84. The molecular weight excluding hydrogens is 260 g/mol. The molecule has 1 amide bonds. The fourth-order valence-electron chi connectivity index (χ4n) is 2.19. The SMILES string of the molecule is CC(=O)n1cc(CCC(N)=O)c2c(OC=O)cccc21. The molecule has 0 radical (unpaired) electrons. The molecule has 0 saturated heterocycles. The summed E-state index contributed by atoms with van der Waals surface area (Å²) in [5, 5.41) is 0.649. The van der Waals surface area contributed by atoms with Crippen molar-refractivity contribution < 1.29 is 19.1 Å². The Morgan fingerprint density at radius 1 is 1.40 bits per heavy atom. The lowest BCUT2D eigenvalue weighted by atomic mass is 10.1. The molecule has 104 valence electrons. The first-order valence-electron chi connectivity index (χ1n) is 6.07. The van der Waals surface area contributed by atoms with Crippen LogP contribution in [0.5, 0.6) is 5.75 Å². The molecule has 0 atom stereocenters. The number of nitrogens with zero attached hydrogens (tertiary/aromatic N) is 1. The van der Waals surface area contributed by atoms with E-state index < -0.39 is 5.91 Å². The number of amides is 1. The van der Waals surface area contributed by atoms with Gasteiger partial charge in [0.05, 0.1) is 5.52 Å². The number of aryl methyl sites for hydroxylation is 1. The second kappa shape index (κ2) is 5.56. The predicted molar refractivity (Wildman–Crippen MR) is 72.4 cm³/mol. The molecular formula is C14H14N2O4. The van der Waals surface area contributed by atoms with Gasteiger partial charge in [0.15, 0.2) is 0 Å². The quantitative estimate of drug-likeness (QED) is 0.831. The van der Waals surface area contributed by atoms with Gasteiger partial charge in [-0.15, -0.1) is 0 Å². The van der Waals surface area contributed by atoms with E-state index >= 15 is 0 Å². The Morgan fingerprint density at radius 3 is 2.75 bits per heavy atom. The van der Waals surface area contributed by atoms with Gasteiger partial charge in [-0.3, -0.25) is 19.0 Å². The summed E-state index contributed by atoms with van der Waals surface area (Å²) in [5.74, 6) is -0.233. The first-order chi connectivity index (χ1) is 9.54. The molecule has 0 aliphatic carbocycles. The van der Waals surface area contributed by atoms with Crippen LogP contribution in [0.1, 0.15) is 23.7 Å². The summed E-state index contributed by atoms with van der Waals surface area (Å²) in [4.78, 5) is 33.1. The molecule has 6 nitrogen and oxygen atoms in total. The molecule has 6 heteroatoms. The van der Waals surface area contributed by atoms with Gasteiger partial charge in [0, 0.05) is 24.9 Å². The van der Waals surface area contributed by atoms with Crippen molar-refractivity contribution in [2.45, 2.75) is 19.8 Å². The Morgan fingerprint density at radius 2 is 2.15 bits per heavy atom. The zero-order chi connectivity index (χ0) is 14.7. The largest absolute Gasteiger partial charge is 0.428 e. The number of hydrogen-bond donors (Lipinski definition) is 1. The van der Waals surface area contributed by atoms with Crippen LogP contribution in [0.3, 0.4) is 0 Å². The van der Waals surface area contributed by atoms with Crippen molar-refractivity contribution in [2.24, 2.45) is 5.73 Å². The maximum atomic E-state index is 11.6. The average molecular weight is 274 g/mol. The number of carbonyl (C=O) groups excluding carboxylic acids is 3. The van der Waals surface area contributed by atoms with E-state index in [1.165, 1.54) is 11.5 Å². The van der Waals surface area contributed by atoms with Crippen molar-refractivity contribution in [2.75, 3.05) is 0 Å². The van der Waals surface area contributed by atoms with Crippen LogP contribution in [0.25, 0.3) is 10.9 Å². The van der Waals surface area contributed by atoms with Gasteiger partial charge in [0.2, 0.25) is 11.8 Å². The Bertz CT molecular complexity index is 688. The van der Waals surface area contributed by atoms with E-state index in [1.54, 1.807) is 24.4 Å². The van der Waals surface area contributed by atoms with Crippen molar-refractivity contribution in [3.63, 3.8) is 0 Å². The number of rotatable bonds is 5. The molecule has 1 aromatic heterocycles. The van der Waals surface area contributed by atoms with Crippen LogP contribution in [0.2, 0.25) is 0 Å². The summed E-state index contributed by atoms with van der Waals surface area (Å²) in [6, 6.07) is 5.08. The third-order valence-corrected chi connectivity index (χ3v) is 3.02. The fourth-order valence-corrected chi connectivity index (χ4v) is 2.19. The molecule has 0 fully saturated rings. The van der Waals surface area contributed by atoms with E-state index in [0.717, 1.165) is 5.56 Å². The number of benzene rings is 1. The van der Waals surface area contributed by atoms with Crippen molar-refractivity contribution >= 4 is 29.2 Å². The number of aromatic nitrogens is 1. The maximum absolute atomic E-state index is 11.6. The number of ether oxygens (including phenoxy) is 1. The van der Waals surface area contributed by atoms with E-state index in [-0.39, 0.29) is 12.3 Å². The molecule has 20 heavy (non-hydrogen) atoms. The third-order valence-electron chi connectivity index (χ3n) is 3.02. The molecule has 1 heterocycles. The molecule has 0 bridgehead atoms. The number of primary amides is 1. The molecule has 2 aromatic rings. The summed E-state index contributed by atoms with van der Waals surface area (Å²) in [5.41, 5.74) is 6.53. The first kappa shape index (κ1) is 13.8. The summed E-state index contributed by atoms with van der Waals surface area (Å²) in [6.45, 7) is 1.77. The number of hydrogen-bond acceptors (Lipinski definition) is 4. The van der Waals surface area contributed by atoms with Crippen molar-refractivity contribution in [1.82, 2.24) is 4.57 Å². The van der Waals surface area contributed by atoms with Crippen LogP contribution < -0.4 is 10.5 Å². The molecule has 0 unspecified atom stereocenters. The number of fused-ring (bicyclic) bond motifs is 1. The van der Waals surface area contributed by atoms with Crippen LogP contribution in [0.4, 0.5) is 0 Å². The van der Waals surface area contributed by atoms with Crippen LogP contribution >= 0.6 is 0 Å². The second-order valence-electron chi connectivity index (χ2n) is 4.37. The van der Waals surface area contributed by atoms with Gasteiger partial charge >= 0.3 is 0 Å². The Balaban J connectivity index is 2.62. The summed E-state index contributed by atoms with van der Waals surface area (Å²) >= 11 is 0. The van der Waals surface area contributed by atoms with Gasteiger partial charge in [-0.1, -0.05) is 6.07 Å². The molecule has 0 aliphatic rings. The fraction of sp³-hybridized carbons (Fsp3) is 0.214. The van der Waals surface area contributed by atoms with E-state index in [9.17, 15) is 14.4 Å². The average Bonchev–Trinajstić information content (AvgIpc) is 2.77. The van der Waals surface area contributed by atoms with E-state index in [4.69, 9.17) is 10.5 Å². The molecule has 0 spiro atoms. The molecule has 0 aliphatic heterocycles. The third kappa shape index (κ3) is 2.54. The van der Waals surface area contributed by atoms with Gasteiger partial charge in [-0.05, 0) is 24.1 Å². The van der Waals surface area contributed by atoms with Crippen molar-refractivity contribution in [3.05, 3.63) is 30.0 Å². The minimum atomic E-state index is -0.428. The molecule has 0 saturated carbocycles. The number of carbonyl (C=O) groups is 3. The molecule has 1 aromatic carbocycles. The second-order valence-corrected chi connectivity index (χ2v) is 4.37. The summed E-state index contributed by atoms with van der Waals surface area (Å²) in [6.07, 6.45) is 2.19. The van der Waals surface area contributed by atoms with Crippen LogP contribution in [0.15, 0.2) is 24.4 Å². The minimum Gasteiger partial charge on any atom is -0.428 e. The van der Waals surface area contributed by atoms with Crippen LogP contribution in [-0.4, -0.2) is 22.9 Å². The highest BCUT2D eigenvalue weighted by Gasteiger charge is 2.15. The Hall–Kier alpha value is -2.63. The minimum absolute atomic E-state index is 0.159. The lowest BCUT2D eigenvalue weighted by molar-refractivity contribution is -0.120. The highest BCUT2D eigenvalue weighted by atomic mass is 16.5. The van der Waals surface area contributed by atoms with E-state index in [0.29, 0.717) is 29.5 Å². The van der Waals surface area contributed by atoms with Crippen molar-refractivity contribution in [1.29, 1.82) is 0 Å². The Labute approximate surface area is 115 Å². The van der Waals surface area contributed by atoms with Gasteiger partial charge in [-0.2, -0.15) is 0 Å². The first-order valence-corrected chi connectivity index (χ1v) is 6.07. The summed E-state index contributed by atoms with van der Waals surface area (Å²) in [7, 11) is 0. The van der Waals surface area contributed by atoms with E-state index in [1.807, 2.05) is 0 Å². The van der Waals surface area contributed by atoms with Gasteiger partial charge in [0.25, 0.3) is 6.47 Å². The summed E-state index contributed by atoms with van der Waals surface area (Å²) < 4.78 is 6.40. The lowest BCUT2D eigenvalue weighted by Gasteiger charge is -2.03. The normalized spacial score (nSPS) is 10.4. The number of nitrogens with two attached hydrogens (primary N) is 1. The molecule has 2 rings (SSSR count). The highest BCUT2D eigenvalue weighted by molar-refractivity contribution is 5.97. The molecule has 2 N–H and O–H groups in total. The maximum Gasteiger partial charge on any atom is 0.298 e.